The lowest BCUT2D eigenvalue weighted by Gasteiger charge is -2.17. The number of rotatable bonds is 3. The van der Waals surface area contributed by atoms with Crippen molar-refractivity contribution in [2.75, 3.05) is 11.9 Å². The SMILES string of the molecule is CN(C(=O)c1cc(-c2cncc(C(F)(F)F)c2)cc(O)n1)c1ccc(F)cc1. The Bertz CT molecular complexity index is 1020. The summed E-state index contributed by atoms with van der Waals surface area (Å²) in [5, 5.41) is 9.85. The minimum absolute atomic E-state index is 0.0611. The molecule has 28 heavy (non-hydrogen) atoms. The van der Waals surface area contributed by atoms with E-state index in [4.69, 9.17) is 0 Å². The van der Waals surface area contributed by atoms with Crippen molar-refractivity contribution >= 4 is 11.6 Å². The highest BCUT2D eigenvalue weighted by atomic mass is 19.4. The number of hydrogen-bond acceptors (Lipinski definition) is 4. The number of carbonyl (C=O) groups is 1. The van der Waals surface area contributed by atoms with Crippen LogP contribution in [-0.4, -0.2) is 28.0 Å². The summed E-state index contributed by atoms with van der Waals surface area (Å²) in [6.45, 7) is 0. The number of carbonyl (C=O) groups excluding carboxylic acids is 1. The lowest BCUT2D eigenvalue weighted by Crippen LogP contribution is -2.27. The van der Waals surface area contributed by atoms with Gasteiger partial charge in [-0.25, -0.2) is 9.37 Å². The second-order valence-corrected chi connectivity index (χ2v) is 5.90. The average molecular weight is 391 g/mol. The van der Waals surface area contributed by atoms with Crippen LogP contribution >= 0.6 is 0 Å². The van der Waals surface area contributed by atoms with E-state index in [2.05, 4.69) is 9.97 Å². The van der Waals surface area contributed by atoms with Gasteiger partial charge >= 0.3 is 6.18 Å². The highest BCUT2D eigenvalue weighted by molar-refractivity contribution is 6.05. The zero-order valence-electron chi connectivity index (χ0n) is 14.4. The van der Waals surface area contributed by atoms with Crippen LogP contribution in [0.5, 0.6) is 5.88 Å². The second kappa shape index (κ2) is 7.26. The first-order chi connectivity index (χ1) is 13.1. The van der Waals surface area contributed by atoms with Crippen LogP contribution in [0, 0.1) is 5.82 Å². The van der Waals surface area contributed by atoms with Gasteiger partial charge in [-0.05, 0) is 42.0 Å². The van der Waals surface area contributed by atoms with E-state index < -0.39 is 29.3 Å². The average Bonchev–Trinajstić information content (AvgIpc) is 2.66. The minimum Gasteiger partial charge on any atom is -0.493 e. The number of amides is 1. The van der Waals surface area contributed by atoms with Gasteiger partial charge in [-0.15, -0.1) is 0 Å². The Morgan fingerprint density at radius 3 is 2.36 bits per heavy atom. The molecule has 0 aliphatic heterocycles. The molecule has 5 nitrogen and oxygen atoms in total. The Kier molecular flexibility index (Phi) is 5.00. The number of aromatic nitrogens is 2. The summed E-state index contributed by atoms with van der Waals surface area (Å²) >= 11 is 0. The van der Waals surface area contributed by atoms with Crippen LogP contribution in [0.2, 0.25) is 0 Å². The molecule has 0 bridgehead atoms. The van der Waals surface area contributed by atoms with Crippen molar-refractivity contribution in [3.8, 4) is 17.0 Å². The van der Waals surface area contributed by atoms with E-state index in [1.807, 2.05) is 0 Å². The molecule has 0 radical (unpaired) electrons. The van der Waals surface area contributed by atoms with Crippen LogP contribution in [-0.2, 0) is 6.18 Å². The molecule has 0 unspecified atom stereocenters. The second-order valence-electron chi connectivity index (χ2n) is 5.90. The molecule has 0 saturated carbocycles. The van der Waals surface area contributed by atoms with E-state index in [-0.39, 0.29) is 16.8 Å². The number of anilines is 1. The Labute approximate surface area is 156 Å². The van der Waals surface area contributed by atoms with Gasteiger partial charge in [0.1, 0.15) is 11.5 Å². The molecule has 0 saturated heterocycles. The summed E-state index contributed by atoms with van der Waals surface area (Å²) in [7, 11) is 1.42. The molecule has 1 amide bonds. The fourth-order valence-electron chi connectivity index (χ4n) is 2.50. The maximum Gasteiger partial charge on any atom is 0.417 e. The predicted octanol–water partition coefficient (Wildman–Crippen LogP) is 4.28. The summed E-state index contributed by atoms with van der Waals surface area (Å²) in [4.78, 5) is 21.1. The van der Waals surface area contributed by atoms with Crippen molar-refractivity contribution in [3.63, 3.8) is 0 Å². The number of hydrogen-bond donors (Lipinski definition) is 1. The normalized spacial score (nSPS) is 11.3. The van der Waals surface area contributed by atoms with Crippen molar-refractivity contribution in [2.45, 2.75) is 6.18 Å². The van der Waals surface area contributed by atoms with Crippen LogP contribution in [0.15, 0.2) is 54.9 Å². The fraction of sp³-hybridized carbons (Fsp3) is 0.105. The molecule has 1 aromatic carbocycles. The molecule has 0 aliphatic carbocycles. The molecule has 2 aromatic heterocycles. The monoisotopic (exact) mass is 391 g/mol. The van der Waals surface area contributed by atoms with Gasteiger partial charge in [0.25, 0.3) is 5.91 Å². The van der Waals surface area contributed by atoms with Crippen LogP contribution < -0.4 is 4.90 Å². The third-order valence-electron chi connectivity index (χ3n) is 3.95. The number of pyridine rings is 2. The molecule has 0 aliphatic rings. The van der Waals surface area contributed by atoms with E-state index in [9.17, 15) is 27.5 Å². The molecule has 9 heteroatoms. The molecule has 3 rings (SSSR count). The number of aromatic hydroxyl groups is 1. The highest BCUT2D eigenvalue weighted by Gasteiger charge is 2.31. The van der Waals surface area contributed by atoms with Gasteiger partial charge in [-0.1, -0.05) is 0 Å². The number of nitrogens with zero attached hydrogens (tertiary/aromatic N) is 3. The lowest BCUT2D eigenvalue weighted by molar-refractivity contribution is -0.137. The smallest absolute Gasteiger partial charge is 0.417 e. The lowest BCUT2D eigenvalue weighted by atomic mass is 10.1. The third-order valence-corrected chi connectivity index (χ3v) is 3.95. The number of alkyl halides is 3. The van der Waals surface area contributed by atoms with Crippen molar-refractivity contribution in [2.24, 2.45) is 0 Å². The quantitative estimate of drug-likeness (QED) is 0.677. The molecule has 2 heterocycles. The van der Waals surface area contributed by atoms with E-state index in [1.54, 1.807) is 0 Å². The topological polar surface area (TPSA) is 66.3 Å². The van der Waals surface area contributed by atoms with E-state index in [1.165, 1.54) is 48.5 Å². The van der Waals surface area contributed by atoms with Gasteiger partial charge in [0.05, 0.1) is 5.56 Å². The van der Waals surface area contributed by atoms with Gasteiger partial charge in [0, 0.05) is 36.8 Å². The standard InChI is InChI=1S/C19H13F4N3O2/c1-26(15-4-2-14(20)3-5-15)18(28)16-7-11(8-17(27)25-16)12-6-13(10-24-9-12)19(21,22)23/h2-10H,1H3,(H,25,27). The van der Waals surface area contributed by atoms with Crippen molar-refractivity contribution in [1.29, 1.82) is 0 Å². The fourth-order valence-corrected chi connectivity index (χ4v) is 2.50. The van der Waals surface area contributed by atoms with Crippen molar-refractivity contribution in [3.05, 3.63) is 71.9 Å². The highest BCUT2D eigenvalue weighted by Crippen LogP contribution is 2.32. The summed E-state index contributed by atoms with van der Waals surface area (Å²) in [5.41, 5.74) is -0.580. The van der Waals surface area contributed by atoms with Crippen LogP contribution in [0.1, 0.15) is 16.1 Å². The molecule has 0 atom stereocenters. The summed E-state index contributed by atoms with van der Waals surface area (Å²) in [6, 6.07) is 8.36. The van der Waals surface area contributed by atoms with Gasteiger partial charge < -0.3 is 10.0 Å². The molecule has 3 aromatic rings. The zero-order valence-corrected chi connectivity index (χ0v) is 14.4. The Balaban J connectivity index is 1.98. The Hall–Kier alpha value is -3.49. The van der Waals surface area contributed by atoms with Gasteiger partial charge in [-0.2, -0.15) is 13.2 Å². The maximum absolute atomic E-state index is 13.0. The summed E-state index contributed by atoms with van der Waals surface area (Å²) in [6.07, 6.45) is -2.72. The molecule has 1 N–H and O–H groups in total. The molecule has 0 spiro atoms. The van der Waals surface area contributed by atoms with E-state index >= 15 is 0 Å². The summed E-state index contributed by atoms with van der Waals surface area (Å²) < 4.78 is 51.8. The Morgan fingerprint density at radius 2 is 1.71 bits per heavy atom. The predicted molar refractivity (Wildman–Crippen MR) is 93.3 cm³/mol. The van der Waals surface area contributed by atoms with Crippen molar-refractivity contribution < 1.29 is 27.5 Å². The van der Waals surface area contributed by atoms with Crippen molar-refractivity contribution in [1.82, 2.24) is 9.97 Å². The number of benzene rings is 1. The Morgan fingerprint density at radius 1 is 1.04 bits per heavy atom. The van der Waals surface area contributed by atoms with Crippen LogP contribution in [0.4, 0.5) is 23.2 Å². The summed E-state index contributed by atoms with van der Waals surface area (Å²) in [5.74, 6) is -1.64. The molecule has 0 fully saturated rings. The first-order valence-corrected chi connectivity index (χ1v) is 7.92. The van der Waals surface area contributed by atoms with Gasteiger partial charge in [-0.3, -0.25) is 9.78 Å². The van der Waals surface area contributed by atoms with Gasteiger partial charge in [0.2, 0.25) is 5.88 Å². The van der Waals surface area contributed by atoms with Crippen LogP contribution in [0.25, 0.3) is 11.1 Å². The first-order valence-electron chi connectivity index (χ1n) is 7.92. The van der Waals surface area contributed by atoms with E-state index in [0.717, 1.165) is 12.1 Å². The first kappa shape index (κ1) is 19.3. The number of halogens is 4. The molecular formula is C19H13F4N3O2. The van der Waals surface area contributed by atoms with E-state index in [0.29, 0.717) is 11.9 Å². The molecule has 144 valence electrons. The minimum atomic E-state index is -4.58. The zero-order chi connectivity index (χ0) is 20.5. The third kappa shape index (κ3) is 4.08. The van der Waals surface area contributed by atoms with Gasteiger partial charge in [0.15, 0.2) is 0 Å². The van der Waals surface area contributed by atoms with Crippen LogP contribution in [0.3, 0.4) is 0 Å². The molecular weight excluding hydrogens is 378 g/mol. The largest absolute Gasteiger partial charge is 0.493 e. The maximum atomic E-state index is 13.0.